The number of carboxylic acids is 1. The second kappa shape index (κ2) is 10.8. The SMILES string of the molecule is O=C(O)/C(=N\OCCO)c1nc2ccccc2n(C2C[C@H]3CC[C@@H](C2)N3C2C[C@H]3CCCC[C@@H](C2)C3)c1=O. The number of hydrogen-bond donors (Lipinski definition) is 2. The van der Waals surface area contributed by atoms with Crippen LogP contribution in [0, 0.1) is 11.8 Å². The van der Waals surface area contributed by atoms with Crippen molar-refractivity contribution in [1.82, 2.24) is 14.5 Å². The Kier molecular flexibility index (Phi) is 7.22. The van der Waals surface area contributed by atoms with Gasteiger partial charge in [0.1, 0.15) is 6.61 Å². The van der Waals surface area contributed by atoms with Crippen LogP contribution in [0.1, 0.15) is 82.4 Å². The van der Waals surface area contributed by atoms with Gasteiger partial charge in [0.05, 0.1) is 17.6 Å². The number of para-hydroxylation sites is 2. The molecule has 4 aliphatic rings. The minimum absolute atomic E-state index is 0.0258. The van der Waals surface area contributed by atoms with Crippen LogP contribution in [-0.4, -0.2) is 67.7 Å². The number of aliphatic hydroxyl groups excluding tert-OH is 1. The quantitative estimate of drug-likeness (QED) is 0.323. The molecule has 2 saturated heterocycles. The van der Waals surface area contributed by atoms with Gasteiger partial charge in [-0.2, -0.15) is 0 Å². The predicted molar refractivity (Wildman–Crippen MR) is 143 cm³/mol. The summed E-state index contributed by atoms with van der Waals surface area (Å²) in [5.41, 5.74) is 0.0839. The highest BCUT2D eigenvalue weighted by molar-refractivity contribution is 6.41. The van der Waals surface area contributed by atoms with Gasteiger partial charge in [-0.3, -0.25) is 9.69 Å². The molecule has 9 nitrogen and oxygen atoms in total. The fourth-order valence-corrected chi connectivity index (χ4v) is 8.11. The maximum atomic E-state index is 13.9. The number of benzene rings is 1. The number of carboxylic acid groups (broad SMARTS) is 1. The summed E-state index contributed by atoms with van der Waals surface area (Å²) < 4.78 is 1.78. The number of fused-ring (bicyclic) bond motifs is 5. The van der Waals surface area contributed by atoms with E-state index in [4.69, 9.17) is 9.94 Å². The number of rotatable bonds is 7. The molecule has 0 radical (unpaired) electrons. The van der Waals surface area contributed by atoms with Crippen molar-refractivity contribution in [3.05, 3.63) is 40.3 Å². The van der Waals surface area contributed by atoms with Crippen LogP contribution in [0.3, 0.4) is 0 Å². The van der Waals surface area contributed by atoms with Gasteiger partial charge in [0.15, 0.2) is 5.69 Å². The van der Waals surface area contributed by atoms with Crippen molar-refractivity contribution < 1.29 is 19.8 Å². The lowest BCUT2D eigenvalue weighted by Crippen LogP contribution is -2.52. The number of piperidine rings is 1. The molecule has 4 bridgehead atoms. The molecule has 38 heavy (non-hydrogen) atoms. The Balaban J connectivity index is 1.33. The average molecular weight is 523 g/mol. The molecule has 9 heteroatoms. The van der Waals surface area contributed by atoms with Gasteiger partial charge in [0.25, 0.3) is 5.56 Å². The van der Waals surface area contributed by atoms with Crippen LogP contribution in [0.25, 0.3) is 11.0 Å². The number of carbonyl (C=O) groups is 1. The van der Waals surface area contributed by atoms with Gasteiger partial charge in [0, 0.05) is 24.2 Å². The van der Waals surface area contributed by atoms with Crippen molar-refractivity contribution >= 4 is 22.7 Å². The molecule has 6 rings (SSSR count). The molecule has 2 aliphatic heterocycles. The molecule has 3 heterocycles. The molecular weight excluding hydrogens is 484 g/mol. The first-order chi connectivity index (χ1) is 18.5. The van der Waals surface area contributed by atoms with Crippen molar-refractivity contribution in [2.45, 2.75) is 94.8 Å². The summed E-state index contributed by atoms with van der Waals surface area (Å²) in [5.74, 6) is 0.354. The Bertz CT molecular complexity index is 1250. The molecule has 1 aromatic heterocycles. The Labute approximate surface area is 222 Å². The summed E-state index contributed by atoms with van der Waals surface area (Å²) in [6.07, 6.45) is 13.7. The van der Waals surface area contributed by atoms with E-state index in [-0.39, 0.29) is 24.9 Å². The molecular formula is C29H38N4O5. The first-order valence-electron chi connectivity index (χ1n) is 14.4. The van der Waals surface area contributed by atoms with E-state index in [1.165, 1.54) is 44.9 Å². The molecule has 2 unspecified atom stereocenters. The molecule has 1 aromatic carbocycles. The summed E-state index contributed by atoms with van der Waals surface area (Å²) in [7, 11) is 0. The summed E-state index contributed by atoms with van der Waals surface area (Å²) >= 11 is 0. The zero-order valence-electron chi connectivity index (χ0n) is 21.9. The van der Waals surface area contributed by atoms with Crippen LogP contribution in [-0.2, 0) is 9.63 Å². The molecule has 4 fully saturated rings. The van der Waals surface area contributed by atoms with E-state index in [0.29, 0.717) is 23.6 Å². The van der Waals surface area contributed by atoms with Crippen LogP contribution in [0.2, 0.25) is 0 Å². The summed E-state index contributed by atoms with van der Waals surface area (Å²) in [6.45, 7) is -0.473. The average Bonchev–Trinajstić information content (AvgIpc) is 3.06. The van der Waals surface area contributed by atoms with Crippen molar-refractivity contribution in [2.75, 3.05) is 13.2 Å². The number of aromatic nitrogens is 2. The second-order valence-electron chi connectivity index (χ2n) is 11.8. The lowest BCUT2D eigenvalue weighted by Gasteiger charge is -2.48. The van der Waals surface area contributed by atoms with Crippen molar-refractivity contribution in [1.29, 1.82) is 0 Å². The van der Waals surface area contributed by atoms with Crippen molar-refractivity contribution in [2.24, 2.45) is 17.0 Å². The zero-order chi connectivity index (χ0) is 26.2. The smallest absolute Gasteiger partial charge is 0.360 e. The van der Waals surface area contributed by atoms with Crippen molar-refractivity contribution in [3.8, 4) is 0 Å². The minimum atomic E-state index is -1.39. The monoisotopic (exact) mass is 522 g/mol. The third-order valence-corrected chi connectivity index (χ3v) is 9.46. The van der Waals surface area contributed by atoms with E-state index in [1.807, 2.05) is 18.2 Å². The summed E-state index contributed by atoms with van der Waals surface area (Å²) in [4.78, 5) is 38.1. The highest BCUT2D eigenvalue weighted by atomic mass is 16.6. The van der Waals surface area contributed by atoms with Gasteiger partial charge < -0.3 is 19.6 Å². The van der Waals surface area contributed by atoms with Gasteiger partial charge >= 0.3 is 5.97 Å². The summed E-state index contributed by atoms with van der Waals surface area (Å²) in [6, 6.07) is 8.96. The molecule has 204 valence electrons. The highest BCUT2D eigenvalue weighted by Gasteiger charge is 2.47. The highest BCUT2D eigenvalue weighted by Crippen LogP contribution is 2.47. The number of nitrogens with zero attached hydrogens (tertiary/aromatic N) is 4. The first kappa shape index (κ1) is 25.5. The van der Waals surface area contributed by atoms with E-state index in [2.05, 4.69) is 15.0 Å². The molecule has 2 N–H and O–H groups in total. The van der Waals surface area contributed by atoms with Crippen molar-refractivity contribution in [3.63, 3.8) is 0 Å². The molecule has 0 amide bonds. The number of hydrogen-bond acceptors (Lipinski definition) is 7. The van der Waals surface area contributed by atoms with Crippen LogP contribution < -0.4 is 5.56 Å². The van der Waals surface area contributed by atoms with Gasteiger partial charge in [0.2, 0.25) is 5.71 Å². The Morgan fingerprint density at radius 1 is 0.947 bits per heavy atom. The third-order valence-electron chi connectivity index (χ3n) is 9.46. The maximum Gasteiger partial charge on any atom is 0.360 e. The van der Waals surface area contributed by atoms with Gasteiger partial charge in [-0.15, -0.1) is 0 Å². The fourth-order valence-electron chi connectivity index (χ4n) is 8.11. The number of oxime groups is 1. The van der Waals surface area contributed by atoms with E-state index in [0.717, 1.165) is 43.0 Å². The molecule has 2 aliphatic carbocycles. The largest absolute Gasteiger partial charge is 0.476 e. The standard InChI is InChI=1S/C29H38N4O5/c34-11-12-38-31-27(29(36)37)26-28(35)33(25-8-4-3-7-24(25)30-26)23-16-20-9-10-21(17-23)32(20)22-14-18-5-1-2-6-19(13-18)15-22/h3-4,7-8,18-23,34H,1-2,5-6,9-17H2,(H,36,37)/b31-27-/t18-,19+,20-,21+,22?,23?. The number of aliphatic hydroxyl groups is 1. The van der Waals surface area contributed by atoms with Crippen LogP contribution >= 0.6 is 0 Å². The van der Waals surface area contributed by atoms with E-state index < -0.39 is 17.2 Å². The third kappa shape index (κ3) is 4.75. The molecule has 0 spiro atoms. The topological polar surface area (TPSA) is 117 Å². The molecule has 6 atom stereocenters. The number of aliphatic carboxylic acids is 1. The van der Waals surface area contributed by atoms with Gasteiger partial charge in [-0.1, -0.05) is 43.0 Å². The van der Waals surface area contributed by atoms with Crippen LogP contribution in [0.15, 0.2) is 34.2 Å². The first-order valence-corrected chi connectivity index (χ1v) is 14.4. The van der Waals surface area contributed by atoms with Gasteiger partial charge in [-0.05, 0) is 68.9 Å². The second-order valence-corrected chi connectivity index (χ2v) is 11.8. The fraction of sp³-hybridized carbons (Fsp3) is 0.655. The van der Waals surface area contributed by atoms with E-state index >= 15 is 0 Å². The molecule has 2 aromatic rings. The normalized spacial score (nSPS) is 31.8. The Morgan fingerprint density at radius 3 is 2.29 bits per heavy atom. The lowest BCUT2D eigenvalue weighted by molar-refractivity contribution is -0.129. The van der Waals surface area contributed by atoms with Crippen LogP contribution in [0.4, 0.5) is 0 Å². The maximum absolute atomic E-state index is 13.9. The Hall–Kier alpha value is -2.78. The predicted octanol–water partition coefficient (Wildman–Crippen LogP) is 3.72. The van der Waals surface area contributed by atoms with E-state index in [9.17, 15) is 14.7 Å². The lowest BCUT2D eigenvalue weighted by atomic mass is 9.76. The molecule has 2 saturated carbocycles. The van der Waals surface area contributed by atoms with E-state index in [1.54, 1.807) is 10.6 Å². The van der Waals surface area contributed by atoms with Crippen LogP contribution in [0.5, 0.6) is 0 Å². The Morgan fingerprint density at radius 2 is 1.63 bits per heavy atom. The zero-order valence-corrected chi connectivity index (χ0v) is 21.9. The van der Waals surface area contributed by atoms with Gasteiger partial charge in [-0.25, -0.2) is 9.78 Å². The minimum Gasteiger partial charge on any atom is -0.476 e. The summed E-state index contributed by atoms with van der Waals surface area (Å²) in [5, 5.41) is 22.5.